The molecule has 1 aromatic rings. The number of alkyl halides is 1. The summed E-state index contributed by atoms with van der Waals surface area (Å²) in [6, 6.07) is 9.44. The van der Waals surface area contributed by atoms with Gasteiger partial charge in [-0.2, -0.15) is 0 Å². The van der Waals surface area contributed by atoms with Gasteiger partial charge in [-0.15, -0.1) is 0 Å². The molecule has 1 rings (SSSR count). The summed E-state index contributed by atoms with van der Waals surface area (Å²) in [5, 5.41) is 12.7. The Morgan fingerprint density at radius 1 is 1.29 bits per heavy atom. The first-order valence-corrected chi connectivity index (χ1v) is 4.84. The molecule has 1 aromatic carbocycles. The largest absolute Gasteiger partial charge is 0.387 e. The number of aliphatic hydroxyl groups excluding tert-OH is 1. The third-order valence-corrected chi connectivity index (χ3v) is 2.01. The standard InChI is InChI=1S/C11H16FNO/c12-7-4-8-13-9-11(14)10-5-2-1-3-6-10/h1-3,5-6,11,13-14H,4,7-9H2. The second-order valence-corrected chi connectivity index (χ2v) is 3.17. The van der Waals surface area contributed by atoms with Gasteiger partial charge in [0.2, 0.25) is 0 Å². The number of halogens is 1. The highest BCUT2D eigenvalue weighted by atomic mass is 19.1. The second-order valence-electron chi connectivity index (χ2n) is 3.17. The van der Waals surface area contributed by atoms with Gasteiger partial charge >= 0.3 is 0 Å². The van der Waals surface area contributed by atoms with Crippen molar-refractivity contribution in [3.8, 4) is 0 Å². The van der Waals surface area contributed by atoms with E-state index in [2.05, 4.69) is 5.32 Å². The molecule has 3 heteroatoms. The Morgan fingerprint density at radius 2 is 2.00 bits per heavy atom. The molecule has 0 saturated carbocycles. The molecule has 0 heterocycles. The maximum Gasteiger partial charge on any atom is 0.0914 e. The van der Waals surface area contributed by atoms with E-state index in [0.29, 0.717) is 19.5 Å². The van der Waals surface area contributed by atoms with Crippen LogP contribution >= 0.6 is 0 Å². The van der Waals surface area contributed by atoms with Crippen LogP contribution < -0.4 is 5.32 Å². The van der Waals surface area contributed by atoms with E-state index >= 15 is 0 Å². The minimum atomic E-state index is -0.504. The summed E-state index contributed by atoms with van der Waals surface area (Å²) in [5.74, 6) is 0. The Morgan fingerprint density at radius 3 is 2.64 bits per heavy atom. The second kappa shape index (κ2) is 6.51. The highest BCUT2D eigenvalue weighted by Crippen LogP contribution is 2.10. The smallest absolute Gasteiger partial charge is 0.0914 e. The van der Waals surface area contributed by atoms with Crippen molar-refractivity contribution in [3.05, 3.63) is 35.9 Å². The summed E-state index contributed by atoms with van der Waals surface area (Å²) in [4.78, 5) is 0. The van der Waals surface area contributed by atoms with E-state index in [9.17, 15) is 9.50 Å². The SMILES string of the molecule is OC(CNCCCF)c1ccccc1. The van der Waals surface area contributed by atoms with Crippen LogP contribution in [0.5, 0.6) is 0 Å². The van der Waals surface area contributed by atoms with Gasteiger partial charge in [0.15, 0.2) is 0 Å². The lowest BCUT2D eigenvalue weighted by Gasteiger charge is -2.11. The molecular weight excluding hydrogens is 181 g/mol. The molecule has 1 unspecified atom stereocenters. The van der Waals surface area contributed by atoms with Crippen LogP contribution in [0.3, 0.4) is 0 Å². The zero-order valence-corrected chi connectivity index (χ0v) is 8.12. The Kier molecular flexibility index (Phi) is 5.19. The molecule has 0 radical (unpaired) electrons. The molecule has 0 spiro atoms. The van der Waals surface area contributed by atoms with E-state index in [1.807, 2.05) is 30.3 Å². The molecule has 78 valence electrons. The van der Waals surface area contributed by atoms with Crippen molar-refractivity contribution in [2.24, 2.45) is 0 Å². The van der Waals surface area contributed by atoms with Crippen molar-refractivity contribution in [2.75, 3.05) is 19.8 Å². The molecule has 14 heavy (non-hydrogen) atoms. The van der Waals surface area contributed by atoms with Crippen LogP contribution in [0.4, 0.5) is 4.39 Å². The van der Waals surface area contributed by atoms with Crippen LogP contribution in [0.1, 0.15) is 18.1 Å². The molecule has 0 fully saturated rings. The number of hydrogen-bond donors (Lipinski definition) is 2. The van der Waals surface area contributed by atoms with Crippen LogP contribution in [0.25, 0.3) is 0 Å². The van der Waals surface area contributed by atoms with Gasteiger partial charge in [-0.05, 0) is 18.5 Å². The maximum absolute atomic E-state index is 11.7. The fourth-order valence-corrected chi connectivity index (χ4v) is 1.22. The van der Waals surface area contributed by atoms with Crippen LogP contribution in [0.15, 0.2) is 30.3 Å². The van der Waals surface area contributed by atoms with Gasteiger partial charge in [0.25, 0.3) is 0 Å². The Hall–Kier alpha value is -0.930. The van der Waals surface area contributed by atoms with E-state index in [4.69, 9.17) is 0 Å². The number of rotatable bonds is 6. The molecule has 0 saturated heterocycles. The number of hydrogen-bond acceptors (Lipinski definition) is 2. The highest BCUT2D eigenvalue weighted by molar-refractivity contribution is 5.17. The molecule has 2 nitrogen and oxygen atoms in total. The van der Waals surface area contributed by atoms with E-state index in [-0.39, 0.29) is 6.67 Å². The summed E-state index contributed by atoms with van der Waals surface area (Å²) in [5.41, 5.74) is 0.889. The van der Waals surface area contributed by atoms with E-state index in [1.54, 1.807) is 0 Å². The van der Waals surface area contributed by atoms with Crippen molar-refractivity contribution < 1.29 is 9.50 Å². The molecule has 0 bridgehead atoms. The Labute approximate surface area is 83.8 Å². The quantitative estimate of drug-likeness (QED) is 0.680. The van der Waals surface area contributed by atoms with Crippen LogP contribution in [-0.2, 0) is 0 Å². The highest BCUT2D eigenvalue weighted by Gasteiger charge is 2.04. The minimum Gasteiger partial charge on any atom is -0.387 e. The van der Waals surface area contributed by atoms with Gasteiger partial charge in [0, 0.05) is 6.54 Å². The van der Waals surface area contributed by atoms with Gasteiger partial charge < -0.3 is 10.4 Å². The van der Waals surface area contributed by atoms with Crippen molar-refractivity contribution in [3.63, 3.8) is 0 Å². The molecule has 0 aliphatic carbocycles. The van der Waals surface area contributed by atoms with Gasteiger partial charge in [0.05, 0.1) is 12.8 Å². The molecule has 0 aliphatic heterocycles. The van der Waals surface area contributed by atoms with Crippen molar-refractivity contribution >= 4 is 0 Å². The molecule has 1 atom stereocenters. The lowest BCUT2D eigenvalue weighted by molar-refractivity contribution is 0.174. The summed E-state index contributed by atoms with van der Waals surface area (Å²) in [6.07, 6.45) is -0.00238. The molecule has 0 aromatic heterocycles. The van der Waals surface area contributed by atoms with Crippen LogP contribution in [0.2, 0.25) is 0 Å². The monoisotopic (exact) mass is 197 g/mol. The summed E-state index contributed by atoms with van der Waals surface area (Å²) in [7, 11) is 0. The molecule has 0 aliphatic rings. The predicted octanol–water partition coefficient (Wildman–Crippen LogP) is 1.67. The number of benzene rings is 1. The lowest BCUT2D eigenvalue weighted by Crippen LogP contribution is -2.22. The van der Waals surface area contributed by atoms with Gasteiger partial charge in [-0.1, -0.05) is 30.3 Å². The normalized spacial score (nSPS) is 12.7. The Balaban J connectivity index is 2.25. The summed E-state index contributed by atoms with van der Waals surface area (Å²) >= 11 is 0. The zero-order valence-electron chi connectivity index (χ0n) is 8.12. The fraction of sp³-hybridized carbons (Fsp3) is 0.455. The van der Waals surface area contributed by atoms with Crippen molar-refractivity contribution in [1.29, 1.82) is 0 Å². The lowest BCUT2D eigenvalue weighted by atomic mass is 10.1. The van der Waals surface area contributed by atoms with Gasteiger partial charge in [-0.3, -0.25) is 4.39 Å². The first-order chi connectivity index (χ1) is 6.84. The van der Waals surface area contributed by atoms with E-state index < -0.39 is 6.10 Å². The van der Waals surface area contributed by atoms with Crippen LogP contribution in [0, 0.1) is 0 Å². The third kappa shape index (κ3) is 3.85. The fourth-order valence-electron chi connectivity index (χ4n) is 1.22. The van der Waals surface area contributed by atoms with E-state index in [1.165, 1.54) is 0 Å². The Bertz CT molecular complexity index is 240. The number of nitrogens with one attached hydrogen (secondary N) is 1. The van der Waals surface area contributed by atoms with Crippen molar-refractivity contribution in [1.82, 2.24) is 5.32 Å². The summed E-state index contributed by atoms with van der Waals surface area (Å²) in [6.45, 7) is 0.777. The predicted molar refractivity (Wildman–Crippen MR) is 54.9 cm³/mol. The van der Waals surface area contributed by atoms with Gasteiger partial charge in [-0.25, -0.2) is 0 Å². The van der Waals surface area contributed by atoms with E-state index in [0.717, 1.165) is 5.56 Å². The average Bonchev–Trinajstić information content (AvgIpc) is 2.25. The van der Waals surface area contributed by atoms with Gasteiger partial charge in [0.1, 0.15) is 0 Å². The minimum absolute atomic E-state index is 0.311. The summed E-state index contributed by atoms with van der Waals surface area (Å²) < 4.78 is 11.7. The molecule has 0 amide bonds. The zero-order chi connectivity index (χ0) is 10.2. The molecule has 2 N–H and O–H groups in total. The maximum atomic E-state index is 11.7. The third-order valence-electron chi connectivity index (χ3n) is 2.01. The molecular formula is C11H16FNO. The first kappa shape index (κ1) is 11.1. The van der Waals surface area contributed by atoms with Crippen LogP contribution in [-0.4, -0.2) is 24.9 Å². The van der Waals surface area contributed by atoms with Crippen molar-refractivity contribution in [2.45, 2.75) is 12.5 Å². The number of aliphatic hydroxyl groups is 1. The first-order valence-electron chi connectivity index (χ1n) is 4.84. The average molecular weight is 197 g/mol. The topological polar surface area (TPSA) is 32.3 Å².